The van der Waals surface area contributed by atoms with Crippen molar-refractivity contribution >= 4 is 17.2 Å². The van der Waals surface area contributed by atoms with Crippen LogP contribution in [0.15, 0.2) is 39.8 Å². The Morgan fingerprint density at radius 1 is 1.32 bits per heavy atom. The van der Waals surface area contributed by atoms with Gasteiger partial charge in [0.15, 0.2) is 6.10 Å². The summed E-state index contributed by atoms with van der Waals surface area (Å²) in [6.45, 7) is 1.38. The average molecular weight is 357 g/mol. The molecule has 1 fully saturated rings. The number of nitrogens with zero attached hydrogens (tertiary/aromatic N) is 5. The smallest absolute Gasteiger partial charge is 0.258 e. The minimum atomic E-state index is -0.440. The van der Waals surface area contributed by atoms with Gasteiger partial charge in [-0.1, -0.05) is 5.16 Å². The van der Waals surface area contributed by atoms with Gasteiger partial charge in [-0.05, 0) is 28.5 Å². The minimum Gasteiger partial charge on any atom is -0.365 e. The van der Waals surface area contributed by atoms with Crippen LogP contribution in [0.3, 0.4) is 0 Å². The van der Waals surface area contributed by atoms with E-state index in [1.54, 1.807) is 34.7 Å². The molecule has 0 radical (unpaired) electrons. The number of morpholine rings is 1. The zero-order valence-electron chi connectivity index (χ0n) is 13.2. The summed E-state index contributed by atoms with van der Waals surface area (Å²) in [4.78, 5) is 26.7. The summed E-state index contributed by atoms with van der Waals surface area (Å²) in [5, 5.41) is 7.85. The molecule has 1 aliphatic rings. The van der Waals surface area contributed by atoms with Gasteiger partial charge in [-0.15, -0.1) is 0 Å². The van der Waals surface area contributed by atoms with Gasteiger partial charge in [0.05, 0.1) is 19.6 Å². The Hall–Kier alpha value is -2.65. The number of ether oxygens (including phenoxy) is 1. The maximum atomic E-state index is 12.5. The van der Waals surface area contributed by atoms with Gasteiger partial charge in [0.1, 0.15) is 0 Å². The van der Waals surface area contributed by atoms with E-state index in [0.717, 1.165) is 5.56 Å². The van der Waals surface area contributed by atoms with E-state index in [1.165, 1.54) is 0 Å². The van der Waals surface area contributed by atoms with Gasteiger partial charge < -0.3 is 14.2 Å². The van der Waals surface area contributed by atoms with Gasteiger partial charge in [0.25, 0.3) is 5.89 Å². The Kier molecular flexibility index (Phi) is 4.49. The van der Waals surface area contributed by atoms with Crippen LogP contribution in [0.4, 0.5) is 0 Å². The molecule has 1 atom stereocenters. The molecule has 0 aliphatic carbocycles. The quantitative estimate of drug-likeness (QED) is 0.702. The fourth-order valence-electron chi connectivity index (χ4n) is 2.58. The predicted molar refractivity (Wildman–Crippen MR) is 88.6 cm³/mol. The molecule has 8 nitrogen and oxygen atoms in total. The van der Waals surface area contributed by atoms with Crippen LogP contribution in [0, 0.1) is 0 Å². The Bertz CT molecular complexity index is 837. The molecular formula is C16H15N5O3S. The molecule has 0 N–H and O–H groups in total. The summed E-state index contributed by atoms with van der Waals surface area (Å²) < 4.78 is 11.0. The lowest BCUT2D eigenvalue weighted by Crippen LogP contribution is -2.43. The van der Waals surface area contributed by atoms with E-state index >= 15 is 0 Å². The highest BCUT2D eigenvalue weighted by Gasteiger charge is 2.29. The lowest BCUT2D eigenvalue weighted by molar-refractivity contribution is -0.139. The normalized spacial score (nSPS) is 17.6. The molecule has 0 aromatic carbocycles. The number of hydrogen-bond donors (Lipinski definition) is 0. The summed E-state index contributed by atoms with van der Waals surface area (Å²) in [5.74, 6) is 1.09. The number of thiophene rings is 1. The van der Waals surface area contributed by atoms with Crippen LogP contribution in [0.25, 0.3) is 11.6 Å². The van der Waals surface area contributed by atoms with Crippen LogP contribution in [0.5, 0.6) is 0 Å². The maximum absolute atomic E-state index is 12.5. The van der Waals surface area contributed by atoms with Gasteiger partial charge >= 0.3 is 0 Å². The first-order chi connectivity index (χ1) is 12.3. The largest absolute Gasteiger partial charge is 0.365 e. The van der Waals surface area contributed by atoms with Crippen molar-refractivity contribution in [3.63, 3.8) is 0 Å². The molecule has 0 spiro atoms. The third kappa shape index (κ3) is 3.57. The fraction of sp³-hybridized carbons (Fsp3) is 0.312. The van der Waals surface area contributed by atoms with E-state index in [1.807, 2.05) is 16.8 Å². The van der Waals surface area contributed by atoms with E-state index in [2.05, 4.69) is 20.1 Å². The third-order valence-electron chi connectivity index (χ3n) is 3.84. The zero-order valence-corrected chi connectivity index (χ0v) is 14.1. The number of carbonyl (C=O) groups excluding carboxylic acids is 1. The summed E-state index contributed by atoms with van der Waals surface area (Å²) in [5.41, 5.74) is 1.03. The van der Waals surface area contributed by atoms with E-state index in [9.17, 15) is 4.79 Å². The lowest BCUT2D eigenvalue weighted by Gasteiger charge is -2.31. The topological polar surface area (TPSA) is 94.2 Å². The van der Waals surface area contributed by atoms with Crippen LogP contribution in [-0.4, -0.2) is 50.6 Å². The maximum Gasteiger partial charge on any atom is 0.258 e. The van der Waals surface area contributed by atoms with Crippen molar-refractivity contribution in [2.75, 3.05) is 19.7 Å². The number of hydrogen-bond acceptors (Lipinski definition) is 8. The van der Waals surface area contributed by atoms with E-state index in [-0.39, 0.29) is 5.91 Å². The van der Waals surface area contributed by atoms with Crippen LogP contribution >= 0.6 is 11.3 Å². The molecule has 1 amide bonds. The Balaban J connectivity index is 1.44. The van der Waals surface area contributed by atoms with Crippen molar-refractivity contribution in [3.05, 3.63) is 46.7 Å². The monoisotopic (exact) mass is 357 g/mol. The SMILES string of the molecule is O=C(Cc1ccsc1)N1CCO[C@@H](c2nc(-c3ncccn3)no2)C1. The van der Waals surface area contributed by atoms with Crippen molar-refractivity contribution in [1.29, 1.82) is 0 Å². The number of aromatic nitrogens is 4. The van der Waals surface area contributed by atoms with Crippen LogP contribution in [0.2, 0.25) is 0 Å². The molecule has 4 rings (SSSR count). The van der Waals surface area contributed by atoms with Crippen LogP contribution in [-0.2, 0) is 16.0 Å². The molecule has 25 heavy (non-hydrogen) atoms. The van der Waals surface area contributed by atoms with Crippen molar-refractivity contribution in [3.8, 4) is 11.6 Å². The molecule has 0 unspecified atom stereocenters. The van der Waals surface area contributed by atoms with Crippen molar-refractivity contribution in [2.24, 2.45) is 0 Å². The van der Waals surface area contributed by atoms with Gasteiger partial charge in [-0.25, -0.2) is 9.97 Å². The molecule has 3 aromatic heterocycles. The Morgan fingerprint density at radius 3 is 3.00 bits per heavy atom. The predicted octanol–water partition coefficient (Wildman–Crippen LogP) is 1.73. The highest BCUT2D eigenvalue weighted by Crippen LogP contribution is 2.23. The number of rotatable bonds is 4. The lowest BCUT2D eigenvalue weighted by atomic mass is 10.2. The zero-order chi connectivity index (χ0) is 17.1. The summed E-state index contributed by atoms with van der Waals surface area (Å²) in [6.07, 6.45) is 3.18. The number of carbonyl (C=O) groups is 1. The van der Waals surface area contributed by atoms with Crippen molar-refractivity contribution in [2.45, 2.75) is 12.5 Å². The van der Waals surface area contributed by atoms with Gasteiger partial charge in [-0.3, -0.25) is 4.79 Å². The van der Waals surface area contributed by atoms with Crippen LogP contribution in [0.1, 0.15) is 17.6 Å². The Labute approximate surface area is 147 Å². The third-order valence-corrected chi connectivity index (χ3v) is 4.57. The van der Waals surface area contributed by atoms with Gasteiger partial charge in [-0.2, -0.15) is 16.3 Å². The fourth-order valence-corrected chi connectivity index (χ4v) is 3.24. The van der Waals surface area contributed by atoms with Crippen molar-refractivity contribution < 1.29 is 14.1 Å². The number of amides is 1. The van der Waals surface area contributed by atoms with Gasteiger partial charge in [0.2, 0.25) is 17.6 Å². The van der Waals surface area contributed by atoms with E-state index < -0.39 is 6.10 Å². The standard InChI is InChI=1S/C16H15N5O3S/c22-13(8-11-2-7-25-10-11)21-5-6-23-12(9-21)16-19-15(20-24-16)14-17-3-1-4-18-14/h1-4,7,10,12H,5-6,8-9H2/t12-/m1/s1. The minimum absolute atomic E-state index is 0.0674. The van der Waals surface area contributed by atoms with Crippen molar-refractivity contribution in [1.82, 2.24) is 25.0 Å². The first kappa shape index (κ1) is 15.9. The van der Waals surface area contributed by atoms with E-state index in [4.69, 9.17) is 9.26 Å². The second-order valence-electron chi connectivity index (χ2n) is 5.54. The molecule has 3 aromatic rings. The molecule has 1 saturated heterocycles. The molecule has 0 saturated carbocycles. The molecule has 9 heteroatoms. The molecule has 4 heterocycles. The van der Waals surface area contributed by atoms with E-state index in [0.29, 0.717) is 43.7 Å². The van der Waals surface area contributed by atoms with Gasteiger partial charge in [0, 0.05) is 18.9 Å². The summed E-state index contributed by atoms with van der Waals surface area (Å²) >= 11 is 1.59. The summed E-state index contributed by atoms with van der Waals surface area (Å²) in [6, 6.07) is 3.68. The first-order valence-corrected chi connectivity index (χ1v) is 8.75. The summed E-state index contributed by atoms with van der Waals surface area (Å²) in [7, 11) is 0. The second kappa shape index (κ2) is 7.08. The van der Waals surface area contributed by atoms with Crippen LogP contribution < -0.4 is 0 Å². The highest BCUT2D eigenvalue weighted by molar-refractivity contribution is 7.08. The molecule has 1 aliphatic heterocycles. The molecular weight excluding hydrogens is 342 g/mol. The molecule has 0 bridgehead atoms. The highest BCUT2D eigenvalue weighted by atomic mass is 32.1. The second-order valence-corrected chi connectivity index (χ2v) is 6.32. The first-order valence-electron chi connectivity index (χ1n) is 7.81. The average Bonchev–Trinajstić information content (AvgIpc) is 3.34. The Morgan fingerprint density at radius 2 is 2.20 bits per heavy atom. The molecule has 128 valence electrons.